The molecule has 0 bridgehead atoms. The van der Waals surface area contributed by atoms with Crippen molar-refractivity contribution in [1.82, 2.24) is 15.5 Å². The van der Waals surface area contributed by atoms with E-state index in [2.05, 4.69) is 10.6 Å². The summed E-state index contributed by atoms with van der Waals surface area (Å²) in [7, 11) is 0. The van der Waals surface area contributed by atoms with Gasteiger partial charge in [-0.05, 0) is 77.1 Å². The number of nitrogens with two attached hydrogens (primary N) is 1. The van der Waals surface area contributed by atoms with Crippen LogP contribution in [0.4, 0.5) is 4.79 Å². The number of nitrogens with one attached hydrogen (secondary N) is 2. The molecule has 0 aromatic heterocycles. The van der Waals surface area contributed by atoms with Crippen LogP contribution < -0.4 is 16.4 Å². The van der Waals surface area contributed by atoms with Gasteiger partial charge in [-0.3, -0.25) is 14.4 Å². The molecule has 0 aliphatic heterocycles. The van der Waals surface area contributed by atoms with Crippen molar-refractivity contribution in [2.75, 3.05) is 6.54 Å². The molecule has 1 aromatic carbocycles. The number of phenols is 1. The molecule has 0 heterocycles. The van der Waals surface area contributed by atoms with E-state index < -0.39 is 41.6 Å². The molecule has 208 valence electrons. The molecule has 0 aliphatic carbocycles. The fourth-order valence-electron chi connectivity index (χ4n) is 3.74. The summed E-state index contributed by atoms with van der Waals surface area (Å²) in [4.78, 5) is 53.1. The number of phenolic OH excluding ortho intramolecular Hbond substituents is 1. The number of amides is 4. The lowest BCUT2D eigenvalue weighted by Crippen LogP contribution is -2.55. The van der Waals surface area contributed by atoms with Crippen molar-refractivity contribution in [2.24, 2.45) is 5.73 Å². The van der Waals surface area contributed by atoms with Crippen LogP contribution >= 0.6 is 0 Å². The van der Waals surface area contributed by atoms with Gasteiger partial charge in [0.1, 0.15) is 23.4 Å². The minimum Gasteiger partial charge on any atom is -0.508 e. The van der Waals surface area contributed by atoms with Crippen molar-refractivity contribution in [3.8, 4) is 5.75 Å². The third kappa shape index (κ3) is 10.3. The number of rotatable bonds is 13. The summed E-state index contributed by atoms with van der Waals surface area (Å²) in [5.74, 6) is -1.47. The highest BCUT2D eigenvalue weighted by Crippen LogP contribution is 2.29. The maximum absolute atomic E-state index is 14.0. The maximum atomic E-state index is 14.0. The molecule has 0 fully saturated rings. The molecule has 5 N–H and O–H groups in total. The summed E-state index contributed by atoms with van der Waals surface area (Å²) in [6.45, 7) is 12.9. The monoisotopic (exact) mass is 520 g/mol. The zero-order valence-corrected chi connectivity index (χ0v) is 23.2. The Morgan fingerprint density at radius 2 is 1.81 bits per heavy atom. The number of alkyl carbamates (subject to hydrolysis) is 1. The van der Waals surface area contributed by atoms with Crippen LogP contribution in [0.25, 0.3) is 0 Å². The molecule has 1 aromatic rings. The van der Waals surface area contributed by atoms with Gasteiger partial charge in [0.15, 0.2) is 0 Å². The number of aryl methyl sites for hydroxylation is 1. The Hall–Kier alpha value is -3.30. The van der Waals surface area contributed by atoms with Crippen LogP contribution in [0.3, 0.4) is 0 Å². The van der Waals surface area contributed by atoms with Gasteiger partial charge in [-0.25, -0.2) is 4.79 Å². The molecule has 37 heavy (non-hydrogen) atoms. The smallest absolute Gasteiger partial charge is 0.408 e. The quantitative estimate of drug-likeness (QED) is 0.293. The van der Waals surface area contributed by atoms with E-state index in [4.69, 9.17) is 10.5 Å². The second-order valence-electron chi connectivity index (χ2n) is 10.3. The number of hydrogen-bond donors (Lipinski definition) is 4. The van der Waals surface area contributed by atoms with E-state index in [9.17, 15) is 24.3 Å². The van der Waals surface area contributed by atoms with Crippen LogP contribution in [0, 0.1) is 6.92 Å². The van der Waals surface area contributed by atoms with Gasteiger partial charge in [-0.1, -0.05) is 26.3 Å². The molecule has 0 saturated carbocycles. The van der Waals surface area contributed by atoms with Crippen LogP contribution in [-0.2, 0) is 19.1 Å². The molecule has 0 saturated heterocycles. The predicted octanol–water partition coefficient (Wildman–Crippen LogP) is 3.44. The van der Waals surface area contributed by atoms with Crippen molar-refractivity contribution in [2.45, 2.75) is 104 Å². The molecule has 3 atom stereocenters. The summed E-state index contributed by atoms with van der Waals surface area (Å²) in [6, 6.07) is 2.17. The summed E-state index contributed by atoms with van der Waals surface area (Å²) in [5.41, 5.74) is 5.61. The average Bonchev–Trinajstić information content (AvgIpc) is 2.79. The van der Waals surface area contributed by atoms with Gasteiger partial charge in [0.25, 0.3) is 0 Å². The first-order valence-corrected chi connectivity index (χ1v) is 12.9. The molecular formula is C27H44N4O6. The molecule has 3 unspecified atom stereocenters. The highest BCUT2D eigenvalue weighted by atomic mass is 16.6. The fraction of sp³-hybridized carbons (Fsp3) is 0.630. The fourth-order valence-corrected chi connectivity index (χ4v) is 3.74. The number of hydrogen-bond acceptors (Lipinski definition) is 6. The number of carbonyl (C=O) groups is 4. The van der Waals surface area contributed by atoms with Crippen molar-refractivity contribution < 1.29 is 29.0 Å². The second kappa shape index (κ2) is 14.4. The lowest BCUT2D eigenvalue weighted by Gasteiger charge is -2.38. The van der Waals surface area contributed by atoms with E-state index in [0.29, 0.717) is 24.1 Å². The number of nitrogens with zero attached hydrogens (tertiary/aromatic N) is 1. The van der Waals surface area contributed by atoms with Crippen LogP contribution in [0.15, 0.2) is 18.2 Å². The Labute approximate surface area is 220 Å². The molecule has 0 aliphatic rings. The van der Waals surface area contributed by atoms with Crippen molar-refractivity contribution in [3.63, 3.8) is 0 Å². The first kappa shape index (κ1) is 31.7. The lowest BCUT2D eigenvalue weighted by molar-refractivity contribution is -0.145. The average molecular weight is 521 g/mol. The standard InChI is InChI=1S/C27H44N4O6/c1-8-10-15-29-24(34)23(19-11-13-21(32)17(3)16-19)31(18(4)9-2)25(35)20(12-14-22(28)33)30-26(36)37-27(5,6)7/h11,13,16,18,20,23,32H,8-10,12,14-15H2,1-7H3,(H2,28,33)(H,29,34)(H,30,36). The minimum absolute atomic E-state index is 0.0564. The van der Waals surface area contributed by atoms with Crippen molar-refractivity contribution >= 4 is 23.8 Å². The normalized spacial score (nSPS) is 13.7. The molecule has 1 rings (SSSR count). The van der Waals surface area contributed by atoms with E-state index in [-0.39, 0.29) is 24.5 Å². The molecule has 4 amide bonds. The van der Waals surface area contributed by atoms with E-state index in [1.807, 2.05) is 20.8 Å². The summed E-state index contributed by atoms with van der Waals surface area (Å²) < 4.78 is 5.33. The zero-order valence-electron chi connectivity index (χ0n) is 23.2. The van der Waals surface area contributed by atoms with Crippen LogP contribution in [0.5, 0.6) is 5.75 Å². The van der Waals surface area contributed by atoms with E-state index >= 15 is 0 Å². The van der Waals surface area contributed by atoms with Gasteiger partial charge >= 0.3 is 6.09 Å². The maximum Gasteiger partial charge on any atom is 0.408 e. The van der Waals surface area contributed by atoms with Gasteiger partial charge in [0, 0.05) is 19.0 Å². The molecular weight excluding hydrogens is 476 g/mol. The number of unbranched alkanes of at least 4 members (excludes halogenated alkanes) is 1. The second-order valence-corrected chi connectivity index (χ2v) is 10.3. The number of primary amides is 1. The molecule has 0 spiro atoms. The zero-order chi connectivity index (χ0) is 28.3. The Bertz CT molecular complexity index is 943. The summed E-state index contributed by atoms with van der Waals surface area (Å²) in [6.07, 6.45) is 1.16. The van der Waals surface area contributed by atoms with Crippen molar-refractivity contribution in [3.05, 3.63) is 29.3 Å². The Balaban J connectivity index is 3.54. The van der Waals surface area contributed by atoms with E-state index in [1.165, 1.54) is 11.0 Å². The largest absolute Gasteiger partial charge is 0.508 e. The van der Waals surface area contributed by atoms with Crippen LogP contribution in [0.2, 0.25) is 0 Å². The third-order valence-electron chi connectivity index (χ3n) is 5.88. The third-order valence-corrected chi connectivity index (χ3v) is 5.88. The van der Waals surface area contributed by atoms with Gasteiger partial charge in [-0.15, -0.1) is 0 Å². The van der Waals surface area contributed by atoms with Gasteiger partial charge < -0.3 is 31.1 Å². The number of aromatic hydroxyl groups is 1. The van der Waals surface area contributed by atoms with Gasteiger partial charge in [0.05, 0.1) is 0 Å². The highest BCUT2D eigenvalue weighted by Gasteiger charge is 2.38. The number of benzene rings is 1. The summed E-state index contributed by atoms with van der Waals surface area (Å²) >= 11 is 0. The minimum atomic E-state index is -1.15. The number of ether oxygens (including phenoxy) is 1. The molecule has 10 nitrogen and oxygen atoms in total. The van der Waals surface area contributed by atoms with Gasteiger partial charge in [-0.2, -0.15) is 0 Å². The van der Waals surface area contributed by atoms with Crippen LogP contribution in [-0.4, -0.2) is 58.1 Å². The lowest BCUT2D eigenvalue weighted by atomic mass is 9.97. The highest BCUT2D eigenvalue weighted by molar-refractivity contribution is 5.92. The molecule has 0 radical (unpaired) electrons. The number of carbonyl (C=O) groups excluding carboxylic acids is 4. The molecule has 10 heteroatoms. The predicted molar refractivity (Wildman–Crippen MR) is 142 cm³/mol. The topological polar surface area (TPSA) is 151 Å². The first-order valence-electron chi connectivity index (χ1n) is 12.9. The van der Waals surface area contributed by atoms with Crippen molar-refractivity contribution in [1.29, 1.82) is 0 Å². The Morgan fingerprint density at radius 3 is 2.32 bits per heavy atom. The van der Waals surface area contributed by atoms with Gasteiger partial charge in [0.2, 0.25) is 17.7 Å². The van der Waals surface area contributed by atoms with E-state index in [1.54, 1.807) is 39.8 Å². The summed E-state index contributed by atoms with van der Waals surface area (Å²) in [5, 5.41) is 15.5. The van der Waals surface area contributed by atoms with E-state index in [0.717, 1.165) is 12.8 Å². The van der Waals surface area contributed by atoms with Crippen LogP contribution in [0.1, 0.15) is 90.8 Å². The SMILES string of the molecule is CCCCNC(=O)C(c1ccc(O)c(C)c1)N(C(=O)C(CCC(N)=O)NC(=O)OC(C)(C)C)C(C)CC. The Kier molecular flexibility index (Phi) is 12.4. The first-order chi connectivity index (χ1) is 17.2. The Morgan fingerprint density at radius 1 is 1.16 bits per heavy atom.